The molecule has 2 rings (SSSR count). The number of hydrogen-bond donors (Lipinski definition) is 0. The van der Waals surface area contributed by atoms with Crippen LogP contribution in [0.4, 0.5) is 0 Å². The Morgan fingerprint density at radius 1 is 1.77 bits per heavy atom. The number of ether oxygens (including phenoxy) is 1. The van der Waals surface area contributed by atoms with Crippen LogP contribution in [0.1, 0.15) is 24.5 Å². The lowest BCUT2D eigenvalue weighted by Gasteiger charge is -1.98. The van der Waals surface area contributed by atoms with Gasteiger partial charge in [-0.1, -0.05) is 0 Å². The fraction of sp³-hybridized carbons (Fsp3) is 0.556. The molecule has 0 radical (unpaired) electrons. The first-order valence-corrected chi connectivity index (χ1v) is 4.40. The third-order valence-corrected chi connectivity index (χ3v) is 2.18. The number of hydrogen-bond acceptors (Lipinski definition) is 3. The lowest BCUT2D eigenvalue weighted by Crippen LogP contribution is -2.11. The number of nitrogens with zero attached hydrogens (tertiary/aromatic N) is 2. The standard InChI is InChI=1S/C9H12N2O2/c1-13-9(12)6-11-5-4-8(10-11)7-2-3-7/h4-5,7H,2-3,6H2,1H3. The molecule has 70 valence electrons. The Hall–Kier alpha value is -1.32. The molecule has 1 aliphatic carbocycles. The van der Waals surface area contributed by atoms with E-state index in [1.807, 2.05) is 12.3 Å². The Bertz CT molecular complexity index is 315. The first-order chi connectivity index (χ1) is 6.29. The van der Waals surface area contributed by atoms with Crippen LogP contribution in [-0.2, 0) is 16.1 Å². The Morgan fingerprint density at radius 2 is 2.54 bits per heavy atom. The van der Waals surface area contributed by atoms with E-state index in [0.29, 0.717) is 5.92 Å². The molecule has 0 unspecified atom stereocenters. The number of esters is 1. The normalized spacial score (nSPS) is 15.8. The van der Waals surface area contributed by atoms with Crippen molar-refractivity contribution in [2.75, 3.05) is 7.11 Å². The summed E-state index contributed by atoms with van der Waals surface area (Å²) in [5, 5.41) is 4.28. The highest BCUT2D eigenvalue weighted by atomic mass is 16.5. The second kappa shape index (κ2) is 3.20. The minimum absolute atomic E-state index is 0.212. The SMILES string of the molecule is COC(=O)Cn1ccc(C2CC2)n1. The monoisotopic (exact) mass is 180 g/mol. The van der Waals surface area contributed by atoms with Gasteiger partial charge < -0.3 is 4.74 Å². The second-order valence-corrected chi connectivity index (χ2v) is 3.29. The maximum absolute atomic E-state index is 10.9. The van der Waals surface area contributed by atoms with E-state index in [4.69, 9.17) is 0 Å². The Labute approximate surface area is 76.5 Å². The molecule has 1 aromatic heterocycles. The highest BCUT2D eigenvalue weighted by Crippen LogP contribution is 2.38. The number of carbonyl (C=O) groups excluding carboxylic acids is 1. The van der Waals surface area contributed by atoms with E-state index >= 15 is 0 Å². The molecular weight excluding hydrogens is 168 g/mol. The third-order valence-electron chi connectivity index (χ3n) is 2.18. The van der Waals surface area contributed by atoms with Gasteiger partial charge in [0.15, 0.2) is 0 Å². The molecule has 4 heteroatoms. The van der Waals surface area contributed by atoms with Gasteiger partial charge in [-0.25, -0.2) is 0 Å². The Balaban J connectivity index is 2.00. The van der Waals surface area contributed by atoms with Crippen LogP contribution in [0.15, 0.2) is 12.3 Å². The molecule has 0 atom stereocenters. The van der Waals surface area contributed by atoms with E-state index in [9.17, 15) is 4.79 Å². The first kappa shape index (κ1) is 8.29. The Kier molecular flexibility index (Phi) is 2.04. The van der Waals surface area contributed by atoms with Crippen molar-refractivity contribution in [3.8, 4) is 0 Å². The van der Waals surface area contributed by atoms with Gasteiger partial charge in [0.05, 0.1) is 12.8 Å². The predicted molar refractivity (Wildman–Crippen MR) is 46.2 cm³/mol. The lowest BCUT2D eigenvalue weighted by atomic mass is 10.3. The van der Waals surface area contributed by atoms with Crippen molar-refractivity contribution in [2.45, 2.75) is 25.3 Å². The predicted octanol–water partition coefficient (Wildman–Crippen LogP) is 0.933. The number of carbonyl (C=O) groups is 1. The molecule has 0 spiro atoms. The van der Waals surface area contributed by atoms with Crippen LogP contribution in [-0.4, -0.2) is 22.9 Å². The van der Waals surface area contributed by atoms with Crippen molar-refractivity contribution >= 4 is 5.97 Å². The van der Waals surface area contributed by atoms with Crippen LogP contribution in [0.25, 0.3) is 0 Å². The number of methoxy groups -OCH3 is 1. The molecule has 0 saturated heterocycles. The zero-order chi connectivity index (χ0) is 9.26. The van der Waals surface area contributed by atoms with Gasteiger partial charge in [0.25, 0.3) is 0 Å². The molecule has 0 bridgehead atoms. The van der Waals surface area contributed by atoms with Gasteiger partial charge >= 0.3 is 5.97 Å². The zero-order valence-electron chi connectivity index (χ0n) is 7.56. The summed E-state index contributed by atoms with van der Waals surface area (Å²) in [4.78, 5) is 10.9. The Morgan fingerprint density at radius 3 is 3.15 bits per heavy atom. The van der Waals surface area contributed by atoms with E-state index in [-0.39, 0.29) is 12.5 Å². The second-order valence-electron chi connectivity index (χ2n) is 3.29. The smallest absolute Gasteiger partial charge is 0.327 e. The summed E-state index contributed by atoms with van der Waals surface area (Å²) in [7, 11) is 1.38. The maximum Gasteiger partial charge on any atom is 0.327 e. The maximum atomic E-state index is 10.9. The average molecular weight is 180 g/mol. The average Bonchev–Trinajstić information content (AvgIpc) is 2.88. The largest absolute Gasteiger partial charge is 0.468 e. The molecule has 4 nitrogen and oxygen atoms in total. The van der Waals surface area contributed by atoms with Crippen molar-refractivity contribution < 1.29 is 9.53 Å². The molecule has 0 N–H and O–H groups in total. The van der Waals surface area contributed by atoms with Crippen molar-refractivity contribution in [1.82, 2.24) is 9.78 Å². The van der Waals surface area contributed by atoms with Gasteiger partial charge in [-0.15, -0.1) is 0 Å². The van der Waals surface area contributed by atoms with Crippen LogP contribution in [0.3, 0.4) is 0 Å². The van der Waals surface area contributed by atoms with Gasteiger partial charge in [-0.3, -0.25) is 9.48 Å². The van der Waals surface area contributed by atoms with Crippen LogP contribution in [0, 0.1) is 0 Å². The first-order valence-electron chi connectivity index (χ1n) is 4.40. The molecular formula is C9H12N2O2. The van der Waals surface area contributed by atoms with E-state index < -0.39 is 0 Å². The molecule has 13 heavy (non-hydrogen) atoms. The summed E-state index contributed by atoms with van der Waals surface area (Å²) in [5.74, 6) is 0.379. The van der Waals surface area contributed by atoms with Gasteiger partial charge in [-0.05, 0) is 18.9 Å². The highest BCUT2D eigenvalue weighted by molar-refractivity contribution is 5.68. The van der Waals surface area contributed by atoms with Crippen LogP contribution in [0.2, 0.25) is 0 Å². The summed E-state index contributed by atoms with van der Waals surface area (Å²) in [6.45, 7) is 0.212. The molecule has 0 aliphatic heterocycles. The summed E-state index contributed by atoms with van der Waals surface area (Å²) in [6.07, 6.45) is 4.29. The number of rotatable bonds is 3. The van der Waals surface area contributed by atoms with Gasteiger partial charge in [0.1, 0.15) is 6.54 Å². The van der Waals surface area contributed by atoms with Gasteiger partial charge in [-0.2, -0.15) is 5.10 Å². The van der Waals surface area contributed by atoms with Gasteiger partial charge in [0, 0.05) is 12.1 Å². The molecule has 1 aliphatic rings. The molecule has 0 amide bonds. The van der Waals surface area contributed by atoms with Crippen molar-refractivity contribution in [1.29, 1.82) is 0 Å². The summed E-state index contributed by atoms with van der Waals surface area (Å²) in [5.41, 5.74) is 1.10. The topological polar surface area (TPSA) is 44.1 Å². The molecule has 1 fully saturated rings. The van der Waals surface area contributed by atoms with Crippen LogP contribution >= 0.6 is 0 Å². The van der Waals surface area contributed by atoms with Crippen LogP contribution < -0.4 is 0 Å². The van der Waals surface area contributed by atoms with Crippen molar-refractivity contribution in [3.63, 3.8) is 0 Å². The van der Waals surface area contributed by atoms with Crippen molar-refractivity contribution in [2.24, 2.45) is 0 Å². The van der Waals surface area contributed by atoms with E-state index in [1.54, 1.807) is 4.68 Å². The highest BCUT2D eigenvalue weighted by Gasteiger charge is 2.25. The fourth-order valence-corrected chi connectivity index (χ4v) is 1.26. The minimum Gasteiger partial charge on any atom is -0.468 e. The van der Waals surface area contributed by atoms with E-state index in [2.05, 4.69) is 9.84 Å². The van der Waals surface area contributed by atoms with E-state index in [0.717, 1.165) is 5.69 Å². The molecule has 1 saturated carbocycles. The summed E-state index contributed by atoms with van der Waals surface area (Å²) >= 11 is 0. The minimum atomic E-state index is -0.259. The number of aromatic nitrogens is 2. The van der Waals surface area contributed by atoms with E-state index in [1.165, 1.54) is 20.0 Å². The summed E-state index contributed by atoms with van der Waals surface area (Å²) in [6, 6.07) is 1.97. The zero-order valence-corrected chi connectivity index (χ0v) is 7.56. The quantitative estimate of drug-likeness (QED) is 0.650. The third kappa shape index (κ3) is 1.88. The summed E-state index contributed by atoms with van der Waals surface area (Å²) < 4.78 is 6.16. The van der Waals surface area contributed by atoms with Gasteiger partial charge in [0.2, 0.25) is 0 Å². The fourth-order valence-electron chi connectivity index (χ4n) is 1.26. The lowest BCUT2D eigenvalue weighted by molar-refractivity contribution is -0.141. The van der Waals surface area contributed by atoms with Crippen molar-refractivity contribution in [3.05, 3.63) is 18.0 Å². The van der Waals surface area contributed by atoms with Crippen LogP contribution in [0.5, 0.6) is 0 Å². The molecule has 0 aromatic carbocycles. The molecule has 1 heterocycles. The molecule has 1 aromatic rings.